The van der Waals surface area contributed by atoms with E-state index < -0.39 is 0 Å². The van der Waals surface area contributed by atoms with Crippen molar-refractivity contribution >= 4 is 11.8 Å². The molecule has 0 radical (unpaired) electrons. The van der Waals surface area contributed by atoms with E-state index >= 15 is 0 Å². The minimum absolute atomic E-state index is 0.000684. The first-order valence-electron chi connectivity index (χ1n) is 9.03. The lowest BCUT2D eigenvalue weighted by Gasteiger charge is -2.27. The van der Waals surface area contributed by atoms with Gasteiger partial charge in [0.25, 0.3) is 0 Å². The van der Waals surface area contributed by atoms with Crippen molar-refractivity contribution in [2.24, 2.45) is 11.7 Å². The van der Waals surface area contributed by atoms with Crippen molar-refractivity contribution in [3.8, 4) is 0 Å². The van der Waals surface area contributed by atoms with Gasteiger partial charge in [-0.1, -0.05) is 36.8 Å². The number of amides is 2. The molecule has 1 aliphatic carbocycles. The predicted molar refractivity (Wildman–Crippen MR) is 93.2 cm³/mol. The fraction of sp³-hybridized carbons (Fsp3) is 0.579. The molecule has 5 nitrogen and oxygen atoms in total. The first-order valence-corrected chi connectivity index (χ1v) is 9.03. The molecule has 130 valence electrons. The van der Waals surface area contributed by atoms with E-state index in [1.165, 1.54) is 0 Å². The minimum Gasteiger partial charge on any atom is -0.351 e. The Bertz CT molecular complexity index is 575. The summed E-state index contributed by atoms with van der Waals surface area (Å²) in [7, 11) is 0. The van der Waals surface area contributed by atoms with Crippen molar-refractivity contribution in [3.05, 3.63) is 35.9 Å². The highest BCUT2D eigenvalue weighted by molar-refractivity contribution is 5.89. The van der Waals surface area contributed by atoms with E-state index in [9.17, 15) is 9.59 Å². The van der Waals surface area contributed by atoms with E-state index in [0.717, 1.165) is 37.7 Å². The predicted octanol–water partition coefficient (Wildman–Crippen LogP) is 1.46. The van der Waals surface area contributed by atoms with Crippen molar-refractivity contribution in [1.29, 1.82) is 0 Å². The standard InChI is InChI=1S/C19H27N3O2/c20-13-15-8-4-9-16(15)21-19(24)17-10-5-11-22(17)18(23)12-14-6-2-1-3-7-14/h1-3,6-7,15-17H,4-5,8-13,20H2,(H,21,24). The summed E-state index contributed by atoms with van der Waals surface area (Å²) in [6.45, 7) is 1.29. The number of carbonyl (C=O) groups is 2. The number of likely N-dealkylation sites (tertiary alicyclic amines) is 1. The maximum Gasteiger partial charge on any atom is 0.243 e. The molecule has 24 heavy (non-hydrogen) atoms. The van der Waals surface area contributed by atoms with E-state index in [-0.39, 0.29) is 23.9 Å². The molecule has 3 atom stereocenters. The third-order valence-electron chi connectivity index (χ3n) is 5.36. The van der Waals surface area contributed by atoms with Crippen LogP contribution >= 0.6 is 0 Å². The number of hydrogen-bond donors (Lipinski definition) is 2. The Kier molecular flexibility index (Phi) is 5.51. The van der Waals surface area contributed by atoms with Crippen LogP contribution in [0.25, 0.3) is 0 Å². The maximum absolute atomic E-state index is 12.7. The first kappa shape index (κ1) is 17.0. The molecule has 1 aromatic carbocycles. The van der Waals surface area contributed by atoms with Gasteiger partial charge in [0.15, 0.2) is 0 Å². The van der Waals surface area contributed by atoms with Gasteiger partial charge in [-0.05, 0) is 43.7 Å². The molecule has 1 heterocycles. The van der Waals surface area contributed by atoms with Crippen LogP contribution in [0.2, 0.25) is 0 Å². The van der Waals surface area contributed by atoms with Gasteiger partial charge in [0.05, 0.1) is 6.42 Å². The maximum atomic E-state index is 12.7. The van der Waals surface area contributed by atoms with Crippen molar-refractivity contribution in [1.82, 2.24) is 10.2 Å². The third-order valence-corrected chi connectivity index (χ3v) is 5.36. The van der Waals surface area contributed by atoms with E-state index in [2.05, 4.69) is 5.32 Å². The van der Waals surface area contributed by atoms with Gasteiger partial charge in [0.2, 0.25) is 11.8 Å². The van der Waals surface area contributed by atoms with Gasteiger partial charge in [-0.2, -0.15) is 0 Å². The topological polar surface area (TPSA) is 75.4 Å². The SMILES string of the molecule is NCC1CCCC1NC(=O)C1CCCN1C(=O)Cc1ccccc1. The Hall–Kier alpha value is -1.88. The Morgan fingerprint density at radius 3 is 2.67 bits per heavy atom. The lowest BCUT2D eigenvalue weighted by molar-refractivity contribution is -0.138. The Morgan fingerprint density at radius 2 is 1.92 bits per heavy atom. The molecule has 3 N–H and O–H groups in total. The average molecular weight is 329 g/mol. The zero-order chi connectivity index (χ0) is 16.9. The van der Waals surface area contributed by atoms with Crippen molar-refractivity contribution in [2.75, 3.05) is 13.1 Å². The van der Waals surface area contributed by atoms with Gasteiger partial charge in [0, 0.05) is 12.6 Å². The second kappa shape index (κ2) is 7.79. The summed E-state index contributed by atoms with van der Waals surface area (Å²) < 4.78 is 0. The Morgan fingerprint density at radius 1 is 1.12 bits per heavy atom. The quantitative estimate of drug-likeness (QED) is 0.859. The summed E-state index contributed by atoms with van der Waals surface area (Å²) >= 11 is 0. The number of benzene rings is 1. The molecule has 1 aliphatic heterocycles. The van der Waals surface area contributed by atoms with Crippen LogP contribution in [0.3, 0.4) is 0 Å². The molecule has 0 bridgehead atoms. The second-order valence-corrected chi connectivity index (χ2v) is 6.95. The van der Waals surface area contributed by atoms with Crippen LogP contribution < -0.4 is 11.1 Å². The normalized spacial score (nSPS) is 26.5. The highest BCUT2D eigenvalue weighted by Gasteiger charge is 2.36. The summed E-state index contributed by atoms with van der Waals surface area (Å²) in [4.78, 5) is 27.1. The van der Waals surface area contributed by atoms with Crippen molar-refractivity contribution < 1.29 is 9.59 Å². The largest absolute Gasteiger partial charge is 0.351 e. The lowest BCUT2D eigenvalue weighted by atomic mass is 10.0. The fourth-order valence-corrected chi connectivity index (χ4v) is 4.00. The summed E-state index contributed by atoms with van der Waals surface area (Å²) in [5.41, 5.74) is 6.79. The minimum atomic E-state index is -0.319. The van der Waals surface area contributed by atoms with Gasteiger partial charge < -0.3 is 16.0 Å². The summed E-state index contributed by atoms with van der Waals surface area (Å²) in [5.74, 6) is 0.420. The third kappa shape index (κ3) is 3.78. The second-order valence-electron chi connectivity index (χ2n) is 6.95. The number of nitrogens with two attached hydrogens (primary N) is 1. The summed E-state index contributed by atoms with van der Waals surface area (Å²) in [6, 6.07) is 9.57. The molecular weight excluding hydrogens is 302 g/mol. The molecule has 1 saturated carbocycles. The molecule has 2 amide bonds. The smallest absolute Gasteiger partial charge is 0.243 e. The van der Waals surface area contributed by atoms with Gasteiger partial charge >= 0.3 is 0 Å². The molecule has 2 fully saturated rings. The average Bonchev–Trinajstić information content (AvgIpc) is 3.24. The first-order chi connectivity index (χ1) is 11.7. The summed E-state index contributed by atoms with van der Waals surface area (Å²) in [6.07, 6.45) is 5.21. The highest BCUT2D eigenvalue weighted by Crippen LogP contribution is 2.26. The van der Waals surface area contributed by atoms with Crippen LogP contribution in [0.4, 0.5) is 0 Å². The lowest BCUT2D eigenvalue weighted by Crippen LogP contribution is -2.50. The molecule has 3 rings (SSSR count). The zero-order valence-corrected chi connectivity index (χ0v) is 14.1. The van der Waals surface area contributed by atoms with E-state index in [1.54, 1.807) is 4.90 Å². The molecule has 1 aromatic rings. The monoisotopic (exact) mass is 329 g/mol. The molecule has 5 heteroatoms. The van der Waals surface area contributed by atoms with Crippen LogP contribution in [-0.4, -0.2) is 41.9 Å². The zero-order valence-electron chi connectivity index (χ0n) is 14.1. The molecule has 3 unspecified atom stereocenters. The van der Waals surface area contributed by atoms with Crippen molar-refractivity contribution in [3.63, 3.8) is 0 Å². The molecule has 0 spiro atoms. The Balaban J connectivity index is 1.60. The van der Waals surface area contributed by atoms with Crippen molar-refractivity contribution in [2.45, 2.75) is 50.6 Å². The molecular formula is C19H27N3O2. The molecule has 0 aromatic heterocycles. The van der Waals surface area contributed by atoms with Gasteiger partial charge in [-0.15, -0.1) is 0 Å². The van der Waals surface area contributed by atoms with Crippen LogP contribution in [0.15, 0.2) is 30.3 Å². The van der Waals surface area contributed by atoms with Crippen LogP contribution in [0, 0.1) is 5.92 Å². The number of carbonyl (C=O) groups excluding carboxylic acids is 2. The number of nitrogens with zero attached hydrogens (tertiary/aromatic N) is 1. The van der Waals surface area contributed by atoms with E-state index in [4.69, 9.17) is 5.73 Å². The molecule has 1 saturated heterocycles. The number of nitrogens with one attached hydrogen (secondary N) is 1. The van der Waals surface area contributed by atoms with Crippen LogP contribution in [0.1, 0.15) is 37.7 Å². The van der Waals surface area contributed by atoms with Crippen LogP contribution in [-0.2, 0) is 16.0 Å². The van der Waals surface area contributed by atoms with E-state index in [0.29, 0.717) is 25.4 Å². The highest BCUT2D eigenvalue weighted by atomic mass is 16.2. The Labute approximate surface area is 143 Å². The van der Waals surface area contributed by atoms with Gasteiger partial charge in [-0.25, -0.2) is 0 Å². The van der Waals surface area contributed by atoms with E-state index in [1.807, 2.05) is 30.3 Å². The number of rotatable bonds is 5. The summed E-state index contributed by atoms with van der Waals surface area (Å²) in [5, 5.41) is 3.16. The fourth-order valence-electron chi connectivity index (χ4n) is 4.00. The van der Waals surface area contributed by atoms with Gasteiger partial charge in [-0.3, -0.25) is 9.59 Å². The van der Waals surface area contributed by atoms with Gasteiger partial charge in [0.1, 0.15) is 6.04 Å². The van der Waals surface area contributed by atoms with Crippen LogP contribution in [0.5, 0.6) is 0 Å². The molecule has 2 aliphatic rings. The number of hydrogen-bond acceptors (Lipinski definition) is 3.